The van der Waals surface area contributed by atoms with E-state index in [-0.39, 0.29) is 0 Å². The van der Waals surface area contributed by atoms with Crippen molar-refractivity contribution in [1.82, 2.24) is 0 Å². The summed E-state index contributed by atoms with van der Waals surface area (Å²) in [5, 5.41) is 0. The Hall–Kier alpha value is -6.18. The molecule has 0 aliphatic heterocycles. The highest BCUT2D eigenvalue weighted by Crippen LogP contribution is 2.37. The van der Waals surface area contributed by atoms with E-state index >= 15 is 0 Å². The highest BCUT2D eigenvalue weighted by Gasteiger charge is 2.15. The zero-order valence-corrected chi connectivity index (χ0v) is 26.2. The smallest absolute Gasteiger partial charge is 0.0462 e. The molecule has 0 heterocycles. The monoisotopic (exact) mass is 601 g/mol. The number of anilines is 3. The molecule has 0 aliphatic carbocycles. The Morgan fingerprint density at radius 3 is 0.915 bits per heavy atom. The van der Waals surface area contributed by atoms with Crippen molar-refractivity contribution >= 4 is 40.4 Å². The van der Waals surface area contributed by atoms with E-state index in [0.29, 0.717) is 0 Å². The molecule has 47 heavy (non-hydrogen) atoms. The summed E-state index contributed by atoms with van der Waals surface area (Å²) in [4.78, 5) is 2.32. The lowest BCUT2D eigenvalue weighted by atomic mass is 9.95. The van der Waals surface area contributed by atoms with E-state index in [4.69, 9.17) is 0 Å². The molecule has 0 bridgehead atoms. The van der Waals surface area contributed by atoms with Crippen molar-refractivity contribution in [2.24, 2.45) is 0 Å². The quantitative estimate of drug-likeness (QED) is 0.149. The molecular formula is C46H35N. The first-order valence-corrected chi connectivity index (χ1v) is 16.0. The van der Waals surface area contributed by atoms with Gasteiger partial charge in [0.15, 0.2) is 0 Å². The minimum atomic E-state index is 1.10. The first-order valence-electron chi connectivity index (χ1n) is 16.0. The average molecular weight is 602 g/mol. The predicted octanol–water partition coefficient (Wildman–Crippen LogP) is 12.3. The van der Waals surface area contributed by atoms with E-state index in [9.17, 15) is 0 Å². The Kier molecular flexibility index (Phi) is 8.97. The molecule has 0 saturated carbocycles. The van der Waals surface area contributed by atoms with Crippen LogP contribution in [0, 0.1) is 0 Å². The molecule has 0 unspecified atom stereocenters. The van der Waals surface area contributed by atoms with Crippen LogP contribution in [0.3, 0.4) is 0 Å². The molecule has 7 rings (SSSR count). The number of hydrogen-bond acceptors (Lipinski definition) is 1. The van der Waals surface area contributed by atoms with Gasteiger partial charge >= 0.3 is 0 Å². The van der Waals surface area contributed by atoms with Crippen molar-refractivity contribution in [1.29, 1.82) is 0 Å². The molecule has 0 atom stereocenters. The summed E-state index contributed by atoms with van der Waals surface area (Å²) in [7, 11) is 0. The van der Waals surface area contributed by atoms with Crippen molar-refractivity contribution < 1.29 is 0 Å². The second kappa shape index (κ2) is 14.3. The van der Waals surface area contributed by atoms with Gasteiger partial charge in [-0.1, -0.05) is 164 Å². The van der Waals surface area contributed by atoms with Gasteiger partial charge in [-0.15, -0.1) is 0 Å². The molecule has 0 saturated heterocycles. The van der Waals surface area contributed by atoms with Gasteiger partial charge in [0.05, 0.1) is 0 Å². The maximum atomic E-state index is 2.32. The van der Waals surface area contributed by atoms with Crippen molar-refractivity contribution in [3.05, 3.63) is 234 Å². The molecule has 0 amide bonds. The van der Waals surface area contributed by atoms with Crippen LogP contribution in [0.15, 0.2) is 200 Å². The molecule has 1 heteroatoms. The zero-order valence-electron chi connectivity index (χ0n) is 26.2. The minimum absolute atomic E-state index is 1.10. The van der Waals surface area contributed by atoms with Gasteiger partial charge in [-0.2, -0.15) is 0 Å². The molecule has 0 fully saturated rings. The lowest BCUT2D eigenvalue weighted by Crippen LogP contribution is -2.10. The average Bonchev–Trinajstić information content (AvgIpc) is 3.16. The zero-order chi connectivity index (χ0) is 31.7. The molecule has 7 aromatic carbocycles. The Morgan fingerprint density at radius 1 is 0.277 bits per heavy atom. The number of rotatable bonds is 9. The third-order valence-corrected chi connectivity index (χ3v) is 8.28. The Bertz CT molecular complexity index is 1930. The first-order chi connectivity index (χ1) is 23.3. The van der Waals surface area contributed by atoms with E-state index in [2.05, 4.69) is 217 Å². The van der Waals surface area contributed by atoms with Crippen LogP contribution in [-0.2, 0) is 0 Å². The second-order valence-electron chi connectivity index (χ2n) is 11.4. The topological polar surface area (TPSA) is 3.24 Å². The molecule has 1 nitrogen and oxygen atoms in total. The van der Waals surface area contributed by atoms with E-state index < -0.39 is 0 Å². The molecule has 0 radical (unpaired) electrons. The lowest BCUT2D eigenvalue weighted by Gasteiger charge is -2.26. The van der Waals surface area contributed by atoms with Gasteiger partial charge < -0.3 is 4.90 Å². The normalized spacial score (nSPS) is 11.7. The Balaban J connectivity index is 1.27. The van der Waals surface area contributed by atoms with Crippen LogP contribution in [0.25, 0.3) is 23.3 Å². The highest BCUT2D eigenvalue weighted by molar-refractivity contribution is 5.93. The molecule has 0 aromatic heterocycles. The summed E-state index contributed by atoms with van der Waals surface area (Å²) in [6.07, 6.45) is 4.54. The Labute approximate surface area is 278 Å². The first kappa shape index (κ1) is 29.5. The van der Waals surface area contributed by atoms with Crippen LogP contribution >= 0.6 is 0 Å². The fourth-order valence-corrected chi connectivity index (χ4v) is 5.94. The standard InChI is InChI=1S/C46H35N/c1-6-16-36(17-7-1)34-45(38-20-10-3-11-21-38)40-26-30-43(31-27-40)47(42-24-14-5-15-25-42)44-32-28-41(29-33-44)46(39-22-12-4-13-23-39)35-37-18-8-2-9-19-37/h1-35H. The molecular weight excluding hydrogens is 567 g/mol. The summed E-state index contributed by atoms with van der Waals surface area (Å²) in [5.41, 5.74) is 12.8. The van der Waals surface area contributed by atoms with Crippen LogP contribution in [0.1, 0.15) is 33.4 Å². The van der Waals surface area contributed by atoms with Crippen LogP contribution in [-0.4, -0.2) is 0 Å². The van der Waals surface area contributed by atoms with E-state index in [0.717, 1.165) is 17.1 Å². The van der Waals surface area contributed by atoms with E-state index in [1.807, 2.05) is 0 Å². The van der Waals surface area contributed by atoms with Gasteiger partial charge in [-0.3, -0.25) is 0 Å². The lowest BCUT2D eigenvalue weighted by molar-refractivity contribution is 1.28. The molecule has 7 aromatic rings. The molecule has 0 aliphatic rings. The predicted molar refractivity (Wildman–Crippen MR) is 201 cm³/mol. The summed E-state index contributed by atoms with van der Waals surface area (Å²) >= 11 is 0. The van der Waals surface area contributed by atoms with E-state index in [1.54, 1.807) is 0 Å². The van der Waals surface area contributed by atoms with Gasteiger partial charge in [0.2, 0.25) is 0 Å². The fourth-order valence-electron chi connectivity index (χ4n) is 5.94. The van der Waals surface area contributed by atoms with E-state index in [1.165, 1.54) is 44.5 Å². The third kappa shape index (κ3) is 7.06. The van der Waals surface area contributed by atoms with Crippen molar-refractivity contribution in [2.45, 2.75) is 0 Å². The van der Waals surface area contributed by atoms with Gasteiger partial charge in [0, 0.05) is 17.1 Å². The van der Waals surface area contributed by atoms with Crippen molar-refractivity contribution in [3.63, 3.8) is 0 Å². The number of benzene rings is 7. The Morgan fingerprint density at radius 2 is 0.553 bits per heavy atom. The maximum absolute atomic E-state index is 2.32. The highest BCUT2D eigenvalue weighted by atomic mass is 15.1. The second-order valence-corrected chi connectivity index (χ2v) is 11.4. The van der Waals surface area contributed by atoms with Crippen LogP contribution < -0.4 is 4.90 Å². The summed E-state index contributed by atoms with van der Waals surface area (Å²) in [6, 6.07) is 70.7. The third-order valence-electron chi connectivity index (χ3n) is 8.28. The molecule has 0 N–H and O–H groups in total. The summed E-state index contributed by atoms with van der Waals surface area (Å²) in [5.74, 6) is 0. The van der Waals surface area contributed by atoms with Crippen LogP contribution in [0.4, 0.5) is 17.1 Å². The summed E-state index contributed by atoms with van der Waals surface area (Å²) in [6.45, 7) is 0. The molecule has 0 spiro atoms. The number of hydrogen-bond donors (Lipinski definition) is 0. The fraction of sp³-hybridized carbons (Fsp3) is 0. The van der Waals surface area contributed by atoms with Crippen LogP contribution in [0.5, 0.6) is 0 Å². The maximum Gasteiger partial charge on any atom is 0.0462 e. The van der Waals surface area contributed by atoms with Gasteiger partial charge in [0.25, 0.3) is 0 Å². The van der Waals surface area contributed by atoms with Gasteiger partial charge in [-0.05, 0) is 93.1 Å². The van der Waals surface area contributed by atoms with Crippen molar-refractivity contribution in [2.75, 3.05) is 4.90 Å². The van der Waals surface area contributed by atoms with Gasteiger partial charge in [-0.25, -0.2) is 0 Å². The van der Waals surface area contributed by atoms with Crippen LogP contribution in [0.2, 0.25) is 0 Å². The summed E-state index contributed by atoms with van der Waals surface area (Å²) < 4.78 is 0. The van der Waals surface area contributed by atoms with Gasteiger partial charge in [0.1, 0.15) is 0 Å². The van der Waals surface area contributed by atoms with Crippen molar-refractivity contribution in [3.8, 4) is 0 Å². The minimum Gasteiger partial charge on any atom is -0.311 e. The number of nitrogens with zero attached hydrogens (tertiary/aromatic N) is 1. The SMILES string of the molecule is C(=C(c1ccccc1)c1ccc(N(c2ccccc2)c2ccc(C(=Cc3ccccc3)c3ccccc3)cc2)cc1)c1ccccc1. The number of para-hydroxylation sites is 1. The molecule has 224 valence electrons. The largest absolute Gasteiger partial charge is 0.311 e.